The number of rotatable bonds is 1. The van der Waals surface area contributed by atoms with Crippen molar-refractivity contribution in [2.24, 2.45) is 0 Å². The van der Waals surface area contributed by atoms with E-state index in [-0.39, 0.29) is 5.78 Å². The summed E-state index contributed by atoms with van der Waals surface area (Å²) in [5.41, 5.74) is 3.05. The third kappa shape index (κ3) is 1.60. The molecule has 0 saturated carbocycles. The third-order valence-electron chi connectivity index (χ3n) is 2.33. The molecule has 68 valence electrons. The predicted molar refractivity (Wildman–Crippen MR) is 49.7 cm³/mol. The lowest BCUT2D eigenvalue weighted by atomic mass is 10.0. The van der Waals surface area contributed by atoms with E-state index in [4.69, 9.17) is 0 Å². The molecule has 0 bridgehead atoms. The van der Waals surface area contributed by atoms with Gasteiger partial charge < -0.3 is 5.32 Å². The highest BCUT2D eigenvalue weighted by Gasteiger charge is 2.10. The first-order chi connectivity index (χ1) is 6.27. The number of hydrogen-bond donors (Lipinski definition) is 1. The van der Waals surface area contributed by atoms with Gasteiger partial charge in [0.15, 0.2) is 5.78 Å². The number of hydrogen-bond acceptors (Lipinski definition) is 3. The van der Waals surface area contributed by atoms with Crippen molar-refractivity contribution in [3.63, 3.8) is 0 Å². The fourth-order valence-corrected chi connectivity index (χ4v) is 1.55. The van der Waals surface area contributed by atoms with Crippen molar-refractivity contribution in [3.05, 3.63) is 29.1 Å². The predicted octanol–water partition coefficient (Wildman–Crippen LogP) is 0.930. The van der Waals surface area contributed by atoms with E-state index >= 15 is 0 Å². The van der Waals surface area contributed by atoms with Crippen molar-refractivity contribution >= 4 is 5.78 Å². The highest BCUT2D eigenvalue weighted by atomic mass is 16.1. The van der Waals surface area contributed by atoms with Crippen LogP contribution < -0.4 is 5.32 Å². The van der Waals surface area contributed by atoms with Crippen molar-refractivity contribution < 1.29 is 4.79 Å². The van der Waals surface area contributed by atoms with Crippen LogP contribution in [0.2, 0.25) is 0 Å². The molecular weight excluding hydrogens is 164 g/mol. The Labute approximate surface area is 77.2 Å². The Morgan fingerprint density at radius 2 is 2.38 bits per heavy atom. The summed E-state index contributed by atoms with van der Waals surface area (Å²) in [5.74, 6) is 0.0355. The summed E-state index contributed by atoms with van der Waals surface area (Å²) in [6.45, 7) is 3.41. The van der Waals surface area contributed by atoms with Gasteiger partial charge in [-0.15, -0.1) is 0 Å². The Bertz CT molecular complexity index is 347. The second kappa shape index (κ2) is 3.26. The Morgan fingerprint density at radius 3 is 3.15 bits per heavy atom. The van der Waals surface area contributed by atoms with Gasteiger partial charge in [0.1, 0.15) is 5.69 Å². The van der Waals surface area contributed by atoms with Crippen LogP contribution in [0.3, 0.4) is 0 Å². The summed E-state index contributed by atoms with van der Waals surface area (Å²) >= 11 is 0. The molecule has 0 spiro atoms. The van der Waals surface area contributed by atoms with Crippen molar-refractivity contribution in [2.45, 2.75) is 19.9 Å². The molecule has 2 rings (SSSR count). The number of aromatic nitrogens is 1. The van der Waals surface area contributed by atoms with Crippen molar-refractivity contribution in [1.82, 2.24) is 10.3 Å². The minimum atomic E-state index is 0.0355. The molecule has 1 N–H and O–H groups in total. The monoisotopic (exact) mass is 176 g/mol. The maximum absolute atomic E-state index is 11.0. The number of fused-ring (bicyclic) bond motifs is 1. The highest BCUT2D eigenvalue weighted by molar-refractivity contribution is 5.92. The summed E-state index contributed by atoms with van der Waals surface area (Å²) in [6.07, 6.45) is 2.84. The van der Waals surface area contributed by atoms with E-state index in [0.717, 1.165) is 19.5 Å². The van der Waals surface area contributed by atoms with Gasteiger partial charge in [-0.1, -0.05) is 0 Å². The molecule has 0 aliphatic carbocycles. The zero-order valence-electron chi connectivity index (χ0n) is 7.63. The molecular formula is C10H12N2O. The van der Waals surface area contributed by atoms with E-state index in [2.05, 4.69) is 10.3 Å². The molecule has 0 fully saturated rings. The Balaban J connectivity index is 2.40. The fourth-order valence-electron chi connectivity index (χ4n) is 1.55. The van der Waals surface area contributed by atoms with E-state index in [9.17, 15) is 4.79 Å². The lowest BCUT2D eigenvalue weighted by Crippen LogP contribution is -2.24. The van der Waals surface area contributed by atoms with Gasteiger partial charge in [0.25, 0.3) is 0 Å². The standard InChI is InChI=1S/C10H12N2O/c1-7(13)10-4-9-5-11-3-2-8(9)6-12-10/h4,6,11H,2-3,5H2,1H3. The molecule has 0 unspecified atom stereocenters. The Hall–Kier alpha value is -1.22. The number of Topliss-reactive ketones (excluding diaryl/α,β-unsaturated/α-hetero) is 1. The molecule has 1 aromatic rings. The van der Waals surface area contributed by atoms with Crippen molar-refractivity contribution in [2.75, 3.05) is 6.54 Å². The van der Waals surface area contributed by atoms with E-state index in [1.165, 1.54) is 11.1 Å². The van der Waals surface area contributed by atoms with Gasteiger partial charge in [-0.25, -0.2) is 0 Å². The van der Waals surface area contributed by atoms with Gasteiger partial charge in [-0.05, 0) is 30.2 Å². The number of nitrogens with zero attached hydrogens (tertiary/aromatic N) is 1. The zero-order valence-corrected chi connectivity index (χ0v) is 7.63. The molecule has 1 aromatic heterocycles. The second-order valence-corrected chi connectivity index (χ2v) is 3.32. The Morgan fingerprint density at radius 1 is 1.54 bits per heavy atom. The van der Waals surface area contributed by atoms with E-state index in [1.807, 2.05) is 12.3 Å². The summed E-state index contributed by atoms with van der Waals surface area (Å²) < 4.78 is 0. The van der Waals surface area contributed by atoms with Crippen LogP contribution in [0.15, 0.2) is 12.3 Å². The summed E-state index contributed by atoms with van der Waals surface area (Å²) in [4.78, 5) is 15.2. The lowest BCUT2D eigenvalue weighted by molar-refractivity contribution is 0.101. The SMILES string of the molecule is CC(=O)c1cc2c(cn1)CCNC2. The van der Waals surface area contributed by atoms with Gasteiger partial charge in [0.05, 0.1) is 0 Å². The van der Waals surface area contributed by atoms with Crippen LogP contribution in [0.5, 0.6) is 0 Å². The topological polar surface area (TPSA) is 42.0 Å². The summed E-state index contributed by atoms with van der Waals surface area (Å²) in [5, 5.41) is 3.27. The molecule has 3 heteroatoms. The van der Waals surface area contributed by atoms with Crippen LogP contribution in [0.25, 0.3) is 0 Å². The normalized spacial score (nSPS) is 15.2. The highest BCUT2D eigenvalue weighted by Crippen LogP contribution is 2.13. The van der Waals surface area contributed by atoms with Gasteiger partial charge in [-0.2, -0.15) is 0 Å². The molecule has 3 nitrogen and oxygen atoms in total. The van der Waals surface area contributed by atoms with Gasteiger partial charge in [0.2, 0.25) is 0 Å². The molecule has 1 aliphatic heterocycles. The molecule has 0 atom stereocenters. The van der Waals surface area contributed by atoms with E-state index < -0.39 is 0 Å². The van der Waals surface area contributed by atoms with Crippen molar-refractivity contribution in [3.8, 4) is 0 Å². The number of nitrogens with one attached hydrogen (secondary N) is 1. The molecule has 0 amide bonds. The molecule has 0 radical (unpaired) electrons. The van der Waals surface area contributed by atoms with E-state index in [0.29, 0.717) is 5.69 Å². The molecule has 0 aromatic carbocycles. The van der Waals surface area contributed by atoms with Gasteiger partial charge in [0, 0.05) is 19.7 Å². The van der Waals surface area contributed by atoms with Crippen LogP contribution in [-0.2, 0) is 13.0 Å². The van der Waals surface area contributed by atoms with Crippen molar-refractivity contribution in [1.29, 1.82) is 0 Å². The Kier molecular flexibility index (Phi) is 2.10. The average molecular weight is 176 g/mol. The largest absolute Gasteiger partial charge is 0.312 e. The van der Waals surface area contributed by atoms with Gasteiger partial charge >= 0.3 is 0 Å². The van der Waals surface area contributed by atoms with Crippen LogP contribution in [0, 0.1) is 0 Å². The van der Waals surface area contributed by atoms with Gasteiger partial charge in [-0.3, -0.25) is 9.78 Å². The smallest absolute Gasteiger partial charge is 0.178 e. The second-order valence-electron chi connectivity index (χ2n) is 3.32. The summed E-state index contributed by atoms with van der Waals surface area (Å²) in [6, 6.07) is 1.89. The van der Waals surface area contributed by atoms with Crippen LogP contribution in [0.1, 0.15) is 28.5 Å². The number of carbonyl (C=O) groups excluding carboxylic acids is 1. The molecule has 1 aliphatic rings. The summed E-state index contributed by atoms with van der Waals surface area (Å²) in [7, 11) is 0. The van der Waals surface area contributed by atoms with Crippen LogP contribution >= 0.6 is 0 Å². The van der Waals surface area contributed by atoms with Crippen LogP contribution in [0.4, 0.5) is 0 Å². The molecule has 13 heavy (non-hydrogen) atoms. The maximum Gasteiger partial charge on any atom is 0.178 e. The zero-order chi connectivity index (χ0) is 9.26. The first-order valence-electron chi connectivity index (χ1n) is 4.47. The quantitative estimate of drug-likeness (QED) is 0.647. The fraction of sp³-hybridized carbons (Fsp3) is 0.400. The maximum atomic E-state index is 11.0. The number of ketones is 1. The number of carbonyl (C=O) groups is 1. The molecule has 2 heterocycles. The number of pyridine rings is 1. The third-order valence-corrected chi connectivity index (χ3v) is 2.33. The first-order valence-corrected chi connectivity index (χ1v) is 4.47. The van der Waals surface area contributed by atoms with E-state index in [1.54, 1.807) is 6.92 Å². The first kappa shape index (κ1) is 8.38. The average Bonchev–Trinajstić information content (AvgIpc) is 2.17. The van der Waals surface area contributed by atoms with Crippen LogP contribution in [-0.4, -0.2) is 17.3 Å². The minimum Gasteiger partial charge on any atom is -0.312 e. The minimum absolute atomic E-state index is 0.0355. The lowest BCUT2D eigenvalue weighted by Gasteiger charge is -2.16. The molecule has 0 saturated heterocycles.